The van der Waals surface area contributed by atoms with Crippen molar-refractivity contribution in [3.63, 3.8) is 0 Å². The SMILES string of the molecule is O=c1c2cc(F)ccc2[nH]c2ccc(Br)cc12. The van der Waals surface area contributed by atoms with Crippen molar-refractivity contribution in [3.05, 3.63) is 56.9 Å². The Bertz CT molecular complexity index is 731. The molecule has 0 atom stereocenters. The number of H-pyrrole nitrogens is 1. The second-order valence-corrected chi connectivity index (χ2v) is 4.75. The highest BCUT2D eigenvalue weighted by molar-refractivity contribution is 9.10. The molecule has 1 heterocycles. The number of halogens is 2. The zero-order chi connectivity index (χ0) is 12.0. The summed E-state index contributed by atoms with van der Waals surface area (Å²) in [4.78, 5) is 15.3. The van der Waals surface area contributed by atoms with Gasteiger partial charge in [0.05, 0.1) is 0 Å². The lowest BCUT2D eigenvalue weighted by atomic mass is 10.1. The van der Waals surface area contributed by atoms with E-state index in [1.54, 1.807) is 12.1 Å². The third-order valence-corrected chi connectivity index (χ3v) is 3.22. The van der Waals surface area contributed by atoms with Crippen LogP contribution in [0.4, 0.5) is 4.39 Å². The molecule has 0 spiro atoms. The van der Waals surface area contributed by atoms with Crippen LogP contribution in [0.3, 0.4) is 0 Å². The molecule has 0 saturated carbocycles. The smallest absolute Gasteiger partial charge is 0.197 e. The zero-order valence-electron chi connectivity index (χ0n) is 8.63. The Hall–Kier alpha value is -1.68. The van der Waals surface area contributed by atoms with Gasteiger partial charge in [0.15, 0.2) is 5.43 Å². The fraction of sp³-hybridized carbons (Fsp3) is 0. The van der Waals surface area contributed by atoms with E-state index in [1.807, 2.05) is 12.1 Å². The van der Waals surface area contributed by atoms with Crippen LogP contribution in [-0.4, -0.2) is 4.98 Å². The summed E-state index contributed by atoms with van der Waals surface area (Å²) < 4.78 is 14.0. The summed E-state index contributed by atoms with van der Waals surface area (Å²) in [7, 11) is 0. The number of pyridine rings is 1. The highest BCUT2D eigenvalue weighted by Gasteiger charge is 2.06. The molecule has 1 N–H and O–H groups in total. The van der Waals surface area contributed by atoms with E-state index >= 15 is 0 Å². The monoisotopic (exact) mass is 291 g/mol. The maximum Gasteiger partial charge on any atom is 0.197 e. The minimum Gasteiger partial charge on any atom is -0.354 e. The summed E-state index contributed by atoms with van der Waals surface area (Å²) >= 11 is 3.32. The summed E-state index contributed by atoms with van der Waals surface area (Å²) in [5, 5.41) is 0.924. The van der Waals surface area contributed by atoms with Crippen LogP contribution in [0.15, 0.2) is 45.7 Å². The molecule has 0 aliphatic carbocycles. The van der Waals surface area contributed by atoms with Crippen LogP contribution in [0.5, 0.6) is 0 Å². The highest BCUT2D eigenvalue weighted by atomic mass is 79.9. The topological polar surface area (TPSA) is 32.9 Å². The Labute approximate surface area is 104 Å². The molecule has 0 fully saturated rings. The summed E-state index contributed by atoms with van der Waals surface area (Å²) in [6.07, 6.45) is 0. The van der Waals surface area contributed by atoms with Gasteiger partial charge in [-0.3, -0.25) is 4.79 Å². The van der Waals surface area contributed by atoms with Crippen LogP contribution in [0.2, 0.25) is 0 Å². The van der Waals surface area contributed by atoms with Crippen LogP contribution in [0.1, 0.15) is 0 Å². The maximum absolute atomic E-state index is 13.1. The molecule has 2 nitrogen and oxygen atoms in total. The van der Waals surface area contributed by atoms with Gasteiger partial charge >= 0.3 is 0 Å². The molecule has 0 amide bonds. The third-order valence-electron chi connectivity index (χ3n) is 2.72. The standard InChI is InChI=1S/C13H7BrFNO/c14-7-1-3-11-9(5-7)13(17)10-6-8(15)2-4-12(10)16-11/h1-6H,(H,16,17). The van der Waals surface area contributed by atoms with Gasteiger partial charge in [0.2, 0.25) is 0 Å². The normalized spacial score (nSPS) is 11.2. The zero-order valence-corrected chi connectivity index (χ0v) is 10.2. The van der Waals surface area contributed by atoms with E-state index in [0.29, 0.717) is 16.3 Å². The number of aromatic amines is 1. The molecule has 1 aromatic heterocycles. The van der Waals surface area contributed by atoms with E-state index in [-0.39, 0.29) is 5.43 Å². The van der Waals surface area contributed by atoms with Crippen LogP contribution in [-0.2, 0) is 0 Å². The van der Waals surface area contributed by atoms with Crippen LogP contribution in [0, 0.1) is 5.82 Å². The van der Waals surface area contributed by atoms with E-state index in [2.05, 4.69) is 20.9 Å². The Morgan fingerprint density at radius 1 is 1.00 bits per heavy atom. The number of hydrogen-bond acceptors (Lipinski definition) is 1. The van der Waals surface area contributed by atoms with Gasteiger partial charge in [-0.25, -0.2) is 4.39 Å². The average Bonchev–Trinajstić information content (AvgIpc) is 2.32. The average molecular weight is 292 g/mol. The molecule has 2 aromatic carbocycles. The molecular formula is C13H7BrFNO. The quantitative estimate of drug-likeness (QED) is 0.631. The maximum atomic E-state index is 13.1. The Morgan fingerprint density at radius 3 is 2.41 bits per heavy atom. The number of hydrogen-bond donors (Lipinski definition) is 1. The molecule has 0 saturated heterocycles. The van der Waals surface area contributed by atoms with Gasteiger partial charge in [-0.15, -0.1) is 0 Å². The van der Waals surface area contributed by atoms with E-state index in [4.69, 9.17) is 0 Å². The minimum absolute atomic E-state index is 0.158. The molecule has 0 bridgehead atoms. The van der Waals surface area contributed by atoms with Crippen molar-refractivity contribution in [2.45, 2.75) is 0 Å². The van der Waals surface area contributed by atoms with Gasteiger partial charge in [-0.2, -0.15) is 0 Å². The molecule has 0 aliphatic rings. The highest BCUT2D eigenvalue weighted by Crippen LogP contribution is 2.19. The molecule has 0 aliphatic heterocycles. The Balaban J connectivity index is 2.58. The van der Waals surface area contributed by atoms with Gasteiger partial charge < -0.3 is 4.98 Å². The van der Waals surface area contributed by atoms with E-state index < -0.39 is 5.82 Å². The van der Waals surface area contributed by atoms with Crippen molar-refractivity contribution in [3.8, 4) is 0 Å². The molecular weight excluding hydrogens is 285 g/mol. The molecule has 3 rings (SSSR count). The second-order valence-electron chi connectivity index (χ2n) is 3.83. The Morgan fingerprint density at radius 2 is 1.65 bits per heavy atom. The third kappa shape index (κ3) is 1.65. The van der Waals surface area contributed by atoms with Gasteiger partial charge in [0.1, 0.15) is 5.82 Å². The van der Waals surface area contributed by atoms with Gasteiger partial charge in [-0.05, 0) is 36.4 Å². The largest absolute Gasteiger partial charge is 0.354 e. The molecule has 17 heavy (non-hydrogen) atoms. The molecule has 3 aromatic rings. The van der Waals surface area contributed by atoms with Crippen molar-refractivity contribution in [1.29, 1.82) is 0 Å². The number of aromatic nitrogens is 1. The number of nitrogens with one attached hydrogen (secondary N) is 1. The first-order valence-electron chi connectivity index (χ1n) is 5.06. The lowest BCUT2D eigenvalue weighted by Crippen LogP contribution is -2.04. The first kappa shape index (κ1) is 10.5. The van der Waals surface area contributed by atoms with Crippen molar-refractivity contribution in [2.24, 2.45) is 0 Å². The fourth-order valence-electron chi connectivity index (χ4n) is 1.92. The van der Waals surface area contributed by atoms with Crippen molar-refractivity contribution in [2.75, 3.05) is 0 Å². The van der Waals surface area contributed by atoms with Crippen LogP contribution >= 0.6 is 15.9 Å². The lowest BCUT2D eigenvalue weighted by molar-refractivity contribution is 0.629. The summed E-state index contributed by atoms with van der Waals surface area (Å²) in [6, 6.07) is 9.58. The first-order valence-corrected chi connectivity index (χ1v) is 5.85. The lowest BCUT2D eigenvalue weighted by Gasteiger charge is -2.03. The summed E-state index contributed by atoms with van der Waals surface area (Å²) in [5.74, 6) is -0.405. The summed E-state index contributed by atoms with van der Waals surface area (Å²) in [5.41, 5.74) is 1.23. The fourth-order valence-corrected chi connectivity index (χ4v) is 2.28. The van der Waals surface area contributed by atoms with Crippen LogP contribution < -0.4 is 5.43 Å². The minimum atomic E-state index is -0.405. The number of benzene rings is 2. The predicted octanol–water partition coefficient (Wildman–Crippen LogP) is 3.58. The van der Waals surface area contributed by atoms with Gasteiger partial charge in [0.25, 0.3) is 0 Å². The van der Waals surface area contributed by atoms with Gasteiger partial charge in [0, 0.05) is 26.3 Å². The second kappa shape index (κ2) is 3.67. The molecule has 4 heteroatoms. The van der Waals surface area contributed by atoms with Crippen molar-refractivity contribution < 1.29 is 4.39 Å². The Kier molecular flexibility index (Phi) is 2.26. The molecule has 84 valence electrons. The number of fused-ring (bicyclic) bond motifs is 2. The predicted molar refractivity (Wildman–Crippen MR) is 69.7 cm³/mol. The number of rotatable bonds is 0. The van der Waals surface area contributed by atoms with Crippen LogP contribution in [0.25, 0.3) is 21.8 Å². The summed E-state index contributed by atoms with van der Waals surface area (Å²) in [6.45, 7) is 0. The van der Waals surface area contributed by atoms with Crippen molar-refractivity contribution >= 4 is 37.7 Å². The van der Waals surface area contributed by atoms with E-state index in [0.717, 1.165) is 9.99 Å². The van der Waals surface area contributed by atoms with E-state index in [1.165, 1.54) is 12.1 Å². The first-order chi connectivity index (χ1) is 8.15. The van der Waals surface area contributed by atoms with Gasteiger partial charge in [-0.1, -0.05) is 15.9 Å². The molecule has 0 radical (unpaired) electrons. The molecule has 0 unspecified atom stereocenters. The van der Waals surface area contributed by atoms with E-state index in [9.17, 15) is 9.18 Å². The van der Waals surface area contributed by atoms with Crippen molar-refractivity contribution in [1.82, 2.24) is 4.98 Å².